The smallest absolute Gasteiger partial charge is 0.224 e. The second kappa shape index (κ2) is 5.89. The lowest BCUT2D eigenvalue weighted by Crippen LogP contribution is -2.38. The molecule has 98 valence electrons. The lowest BCUT2D eigenvalue weighted by molar-refractivity contribution is -0.121. The van der Waals surface area contributed by atoms with Crippen LogP contribution in [0, 0.1) is 5.92 Å². The van der Waals surface area contributed by atoms with Gasteiger partial charge in [-0.2, -0.15) is 0 Å². The molecule has 0 radical (unpaired) electrons. The summed E-state index contributed by atoms with van der Waals surface area (Å²) in [6, 6.07) is 7.16. The van der Waals surface area contributed by atoms with Crippen LogP contribution in [0.3, 0.4) is 0 Å². The third kappa shape index (κ3) is 3.76. The van der Waals surface area contributed by atoms with Gasteiger partial charge in [-0.15, -0.1) is 0 Å². The Balaban J connectivity index is 1.80. The third-order valence-corrected chi connectivity index (χ3v) is 3.68. The maximum Gasteiger partial charge on any atom is 0.224 e. The van der Waals surface area contributed by atoms with E-state index in [1.165, 1.54) is 12.8 Å². The molecule has 2 N–H and O–H groups in total. The van der Waals surface area contributed by atoms with Crippen molar-refractivity contribution < 1.29 is 9.90 Å². The second-order valence-electron chi connectivity index (χ2n) is 5.37. The van der Waals surface area contributed by atoms with Crippen LogP contribution < -0.4 is 5.32 Å². The molecule has 1 aliphatic rings. The van der Waals surface area contributed by atoms with Crippen molar-refractivity contribution in [2.24, 2.45) is 5.92 Å². The van der Waals surface area contributed by atoms with Gasteiger partial charge in [0, 0.05) is 6.04 Å². The molecule has 1 aliphatic carbocycles. The standard InChI is InChI=1S/C15H21NO2/c1-11-2-6-13(7-3-11)16-15(18)10-12-4-8-14(17)9-5-12/h4-5,8-9,11,13,17H,2-3,6-7,10H2,1H3,(H,16,18). The van der Waals surface area contributed by atoms with Crippen molar-refractivity contribution in [3.05, 3.63) is 29.8 Å². The van der Waals surface area contributed by atoms with Gasteiger partial charge in [-0.1, -0.05) is 19.1 Å². The molecule has 3 nitrogen and oxygen atoms in total. The second-order valence-corrected chi connectivity index (χ2v) is 5.37. The Kier molecular flexibility index (Phi) is 4.24. The molecular formula is C15H21NO2. The van der Waals surface area contributed by atoms with Crippen molar-refractivity contribution in [3.8, 4) is 5.75 Å². The Morgan fingerprint density at radius 1 is 1.22 bits per heavy atom. The zero-order chi connectivity index (χ0) is 13.0. The molecule has 0 heterocycles. The first-order chi connectivity index (χ1) is 8.63. The van der Waals surface area contributed by atoms with E-state index in [1.807, 2.05) is 0 Å². The number of amides is 1. The molecule has 1 fully saturated rings. The van der Waals surface area contributed by atoms with Crippen LogP contribution >= 0.6 is 0 Å². The summed E-state index contributed by atoms with van der Waals surface area (Å²) < 4.78 is 0. The van der Waals surface area contributed by atoms with E-state index in [4.69, 9.17) is 0 Å². The molecule has 0 bridgehead atoms. The van der Waals surface area contributed by atoms with Gasteiger partial charge in [0.1, 0.15) is 5.75 Å². The van der Waals surface area contributed by atoms with E-state index in [0.29, 0.717) is 12.5 Å². The normalized spacial score (nSPS) is 23.6. The lowest BCUT2D eigenvalue weighted by atomic mass is 9.87. The Hall–Kier alpha value is -1.51. The fourth-order valence-electron chi connectivity index (χ4n) is 2.48. The van der Waals surface area contributed by atoms with Crippen molar-refractivity contribution in [1.82, 2.24) is 5.32 Å². The largest absolute Gasteiger partial charge is 0.508 e. The average molecular weight is 247 g/mol. The quantitative estimate of drug-likeness (QED) is 0.862. The number of carbonyl (C=O) groups excluding carboxylic acids is 1. The molecule has 0 atom stereocenters. The Morgan fingerprint density at radius 2 is 1.83 bits per heavy atom. The van der Waals surface area contributed by atoms with Gasteiger partial charge in [0.25, 0.3) is 0 Å². The summed E-state index contributed by atoms with van der Waals surface area (Å²) in [4.78, 5) is 11.9. The number of rotatable bonds is 3. The van der Waals surface area contributed by atoms with E-state index in [0.717, 1.165) is 24.3 Å². The number of aromatic hydroxyl groups is 1. The number of hydrogen-bond donors (Lipinski definition) is 2. The topological polar surface area (TPSA) is 49.3 Å². The Bertz CT molecular complexity index is 391. The summed E-state index contributed by atoms with van der Waals surface area (Å²) in [5.74, 6) is 1.12. The molecule has 0 unspecified atom stereocenters. The molecule has 1 aromatic carbocycles. The Labute approximate surface area is 108 Å². The van der Waals surface area contributed by atoms with Crippen LogP contribution in [-0.4, -0.2) is 17.1 Å². The number of phenolic OH excluding ortho intramolecular Hbond substituents is 1. The Morgan fingerprint density at radius 3 is 2.44 bits per heavy atom. The highest BCUT2D eigenvalue weighted by atomic mass is 16.3. The van der Waals surface area contributed by atoms with E-state index in [9.17, 15) is 9.90 Å². The number of hydrogen-bond acceptors (Lipinski definition) is 2. The first-order valence-electron chi connectivity index (χ1n) is 6.71. The van der Waals surface area contributed by atoms with Crippen molar-refractivity contribution in [1.29, 1.82) is 0 Å². The summed E-state index contributed by atoms with van der Waals surface area (Å²) in [6.07, 6.45) is 5.02. The monoisotopic (exact) mass is 247 g/mol. The molecule has 18 heavy (non-hydrogen) atoms. The van der Waals surface area contributed by atoms with Crippen molar-refractivity contribution in [3.63, 3.8) is 0 Å². The molecule has 2 rings (SSSR count). The minimum absolute atomic E-state index is 0.0836. The lowest BCUT2D eigenvalue weighted by Gasteiger charge is -2.26. The third-order valence-electron chi connectivity index (χ3n) is 3.68. The summed E-state index contributed by atoms with van der Waals surface area (Å²) in [7, 11) is 0. The minimum atomic E-state index is 0.0836. The molecule has 0 saturated heterocycles. The first kappa shape index (κ1) is 12.9. The van der Waals surface area contributed by atoms with Gasteiger partial charge in [0.15, 0.2) is 0 Å². The SMILES string of the molecule is CC1CCC(NC(=O)Cc2ccc(O)cc2)CC1. The fourth-order valence-corrected chi connectivity index (χ4v) is 2.48. The highest BCUT2D eigenvalue weighted by Gasteiger charge is 2.19. The minimum Gasteiger partial charge on any atom is -0.508 e. The molecule has 0 spiro atoms. The molecule has 3 heteroatoms. The van der Waals surface area contributed by atoms with Crippen LogP contribution in [0.25, 0.3) is 0 Å². The van der Waals surface area contributed by atoms with Crippen LogP contribution in [0.2, 0.25) is 0 Å². The van der Waals surface area contributed by atoms with Gasteiger partial charge in [0.05, 0.1) is 6.42 Å². The van der Waals surface area contributed by atoms with Gasteiger partial charge >= 0.3 is 0 Å². The van der Waals surface area contributed by atoms with Crippen LogP contribution in [0.4, 0.5) is 0 Å². The molecule has 1 aromatic rings. The van der Waals surface area contributed by atoms with Crippen molar-refractivity contribution in [2.45, 2.75) is 45.1 Å². The van der Waals surface area contributed by atoms with Gasteiger partial charge in [-0.3, -0.25) is 4.79 Å². The highest BCUT2D eigenvalue weighted by molar-refractivity contribution is 5.78. The first-order valence-corrected chi connectivity index (χ1v) is 6.71. The summed E-state index contributed by atoms with van der Waals surface area (Å²) in [6.45, 7) is 2.27. The molecule has 0 aliphatic heterocycles. The average Bonchev–Trinajstić information content (AvgIpc) is 2.35. The zero-order valence-corrected chi connectivity index (χ0v) is 10.9. The summed E-state index contributed by atoms with van der Waals surface area (Å²) in [5.41, 5.74) is 0.939. The predicted octanol–water partition coefficient (Wildman–Crippen LogP) is 2.63. The maximum absolute atomic E-state index is 11.9. The zero-order valence-electron chi connectivity index (χ0n) is 10.9. The van der Waals surface area contributed by atoms with Gasteiger partial charge in [0.2, 0.25) is 5.91 Å². The van der Waals surface area contributed by atoms with E-state index in [2.05, 4.69) is 12.2 Å². The van der Waals surface area contributed by atoms with Gasteiger partial charge < -0.3 is 10.4 Å². The van der Waals surface area contributed by atoms with Crippen LogP contribution in [0.15, 0.2) is 24.3 Å². The number of nitrogens with one attached hydrogen (secondary N) is 1. The summed E-state index contributed by atoms with van der Waals surface area (Å²) >= 11 is 0. The van der Waals surface area contributed by atoms with E-state index < -0.39 is 0 Å². The van der Waals surface area contributed by atoms with E-state index in [-0.39, 0.29) is 11.7 Å². The number of benzene rings is 1. The van der Waals surface area contributed by atoms with E-state index in [1.54, 1.807) is 24.3 Å². The molecular weight excluding hydrogens is 226 g/mol. The van der Waals surface area contributed by atoms with E-state index >= 15 is 0 Å². The maximum atomic E-state index is 11.9. The number of carbonyl (C=O) groups is 1. The predicted molar refractivity (Wildman–Crippen MR) is 71.4 cm³/mol. The van der Waals surface area contributed by atoms with Crippen LogP contribution in [0.5, 0.6) is 5.75 Å². The van der Waals surface area contributed by atoms with Gasteiger partial charge in [-0.25, -0.2) is 0 Å². The van der Waals surface area contributed by atoms with Crippen molar-refractivity contribution in [2.75, 3.05) is 0 Å². The molecule has 1 saturated carbocycles. The van der Waals surface area contributed by atoms with Crippen LogP contribution in [-0.2, 0) is 11.2 Å². The van der Waals surface area contributed by atoms with Crippen LogP contribution in [0.1, 0.15) is 38.2 Å². The number of phenols is 1. The van der Waals surface area contributed by atoms with Gasteiger partial charge in [-0.05, 0) is 49.3 Å². The molecule has 1 amide bonds. The van der Waals surface area contributed by atoms with Crippen molar-refractivity contribution >= 4 is 5.91 Å². The summed E-state index contributed by atoms with van der Waals surface area (Å²) in [5, 5.41) is 12.3. The fraction of sp³-hybridized carbons (Fsp3) is 0.533. The molecule has 0 aromatic heterocycles. The highest BCUT2D eigenvalue weighted by Crippen LogP contribution is 2.23.